The number of aromatic amines is 1. The zero-order chi connectivity index (χ0) is 16.4. The second-order valence-electron chi connectivity index (χ2n) is 6.21. The van der Waals surface area contributed by atoms with Gasteiger partial charge in [-0.15, -0.1) is 0 Å². The van der Waals surface area contributed by atoms with E-state index in [-0.39, 0.29) is 5.78 Å². The molecule has 0 unspecified atom stereocenters. The Bertz CT molecular complexity index is 862. The third-order valence-electron chi connectivity index (χ3n) is 4.69. The van der Waals surface area contributed by atoms with E-state index in [0.29, 0.717) is 6.42 Å². The Labute approximate surface area is 141 Å². The molecule has 1 aliphatic rings. The Hall–Kier alpha value is -2.59. The quantitative estimate of drug-likeness (QED) is 0.727. The number of nitrogens with one attached hydrogen (secondary N) is 2. The van der Waals surface area contributed by atoms with Gasteiger partial charge in [-0.25, -0.2) is 0 Å². The summed E-state index contributed by atoms with van der Waals surface area (Å²) in [4.78, 5) is 18.5. The number of hydrogen-bond acceptors (Lipinski definition) is 3. The molecule has 2 heterocycles. The van der Waals surface area contributed by atoms with Crippen molar-refractivity contribution in [3.63, 3.8) is 0 Å². The van der Waals surface area contributed by atoms with Gasteiger partial charge in [-0.3, -0.25) is 4.79 Å². The van der Waals surface area contributed by atoms with Gasteiger partial charge in [0.2, 0.25) is 0 Å². The number of Topliss-reactive ketones (excluding diaryl/α,β-unsaturated/α-hetero) is 1. The van der Waals surface area contributed by atoms with Crippen molar-refractivity contribution < 1.29 is 4.79 Å². The summed E-state index contributed by atoms with van der Waals surface area (Å²) < 4.78 is 0. The Morgan fingerprint density at radius 2 is 1.75 bits per heavy atom. The molecule has 3 aromatic rings. The van der Waals surface area contributed by atoms with Crippen LogP contribution >= 0.6 is 0 Å². The summed E-state index contributed by atoms with van der Waals surface area (Å²) in [5, 5.41) is 4.49. The lowest BCUT2D eigenvalue weighted by molar-refractivity contribution is 0.0993. The number of H-pyrrole nitrogens is 1. The molecule has 2 aromatic carbocycles. The molecule has 2 N–H and O–H groups in total. The molecule has 0 radical (unpaired) electrons. The van der Waals surface area contributed by atoms with Gasteiger partial charge in [0.05, 0.1) is 0 Å². The number of para-hydroxylation sites is 2. The molecule has 0 amide bonds. The number of fused-ring (bicyclic) bond motifs is 1. The monoisotopic (exact) mass is 319 g/mol. The van der Waals surface area contributed by atoms with Gasteiger partial charge in [-0.05, 0) is 23.8 Å². The molecule has 0 spiro atoms. The van der Waals surface area contributed by atoms with Gasteiger partial charge in [0.15, 0.2) is 5.78 Å². The van der Waals surface area contributed by atoms with Gasteiger partial charge in [0.25, 0.3) is 0 Å². The van der Waals surface area contributed by atoms with Crippen LogP contribution in [0.3, 0.4) is 0 Å². The van der Waals surface area contributed by atoms with Crippen molar-refractivity contribution >= 4 is 22.4 Å². The highest BCUT2D eigenvalue weighted by Crippen LogP contribution is 2.24. The summed E-state index contributed by atoms with van der Waals surface area (Å²) in [6, 6.07) is 16.1. The molecule has 1 fully saturated rings. The molecule has 1 aliphatic heterocycles. The third-order valence-corrected chi connectivity index (χ3v) is 4.69. The molecule has 4 nitrogen and oxygen atoms in total. The molecule has 1 saturated heterocycles. The molecular formula is C20H21N3O. The van der Waals surface area contributed by atoms with E-state index in [0.717, 1.165) is 53.9 Å². The molecule has 1 aromatic heterocycles. The van der Waals surface area contributed by atoms with E-state index in [1.54, 1.807) is 0 Å². The predicted molar refractivity (Wildman–Crippen MR) is 97.9 cm³/mol. The highest BCUT2D eigenvalue weighted by molar-refractivity contribution is 6.04. The van der Waals surface area contributed by atoms with Crippen LogP contribution < -0.4 is 10.2 Å². The minimum atomic E-state index is 0.175. The molecule has 0 atom stereocenters. The van der Waals surface area contributed by atoms with Crippen LogP contribution in [-0.2, 0) is 6.42 Å². The molecule has 4 heteroatoms. The Kier molecular flexibility index (Phi) is 4.05. The van der Waals surface area contributed by atoms with Crippen LogP contribution in [0.25, 0.3) is 10.9 Å². The highest BCUT2D eigenvalue weighted by Gasteiger charge is 2.19. The topological polar surface area (TPSA) is 48.1 Å². The lowest BCUT2D eigenvalue weighted by Crippen LogP contribution is -2.44. The molecule has 122 valence electrons. The maximum Gasteiger partial charge on any atom is 0.169 e. The van der Waals surface area contributed by atoms with Gasteiger partial charge in [0.1, 0.15) is 0 Å². The lowest BCUT2D eigenvalue weighted by Gasteiger charge is -2.30. The van der Waals surface area contributed by atoms with E-state index in [1.807, 2.05) is 42.6 Å². The number of carbonyl (C=O) groups is 1. The lowest BCUT2D eigenvalue weighted by atomic mass is 10.00. The normalized spacial score (nSPS) is 14.9. The van der Waals surface area contributed by atoms with Crippen LogP contribution in [0.15, 0.2) is 54.7 Å². The SMILES string of the molecule is O=C(Cc1c[nH]c2ccccc12)c1ccccc1N1CCNCC1. The Morgan fingerprint density at radius 1 is 1.00 bits per heavy atom. The summed E-state index contributed by atoms with van der Waals surface area (Å²) in [6.45, 7) is 3.81. The number of carbonyl (C=O) groups excluding carboxylic acids is 1. The van der Waals surface area contributed by atoms with Crippen LogP contribution in [0, 0.1) is 0 Å². The number of aromatic nitrogens is 1. The minimum Gasteiger partial charge on any atom is -0.368 e. The first kappa shape index (κ1) is 15.0. The second-order valence-corrected chi connectivity index (χ2v) is 6.21. The van der Waals surface area contributed by atoms with Crippen LogP contribution in [0.4, 0.5) is 5.69 Å². The molecule has 0 aliphatic carbocycles. The summed E-state index contributed by atoms with van der Waals surface area (Å²) in [7, 11) is 0. The predicted octanol–water partition coefficient (Wildman–Crippen LogP) is 3.00. The average molecular weight is 319 g/mol. The number of hydrogen-bond donors (Lipinski definition) is 2. The van der Waals surface area contributed by atoms with Crippen molar-refractivity contribution in [1.29, 1.82) is 0 Å². The fraction of sp³-hybridized carbons (Fsp3) is 0.250. The van der Waals surface area contributed by atoms with Crippen LogP contribution in [0.1, 0.15) is 15.9 Å². The highest BCUT2D eigenvalue weighted by atomic mass is 16.1. The average Bonchev–Trinajstić information content (AvgIpc) is 3.05. The fourth-order valence-electron chi connectivity index (χ4n) is 3.44. The zero-order valence-corrected chi connectivity index (χ0v) is 13.6. The largest absolute Gasteiger partial charge is 0.368 e. The van der Waals surface area contributed by atoms with E-state index >= 15 is 0 Å². The Morgan fingerprint density at radius 3 is 2.62 bits per heavy atom. The maximum atomic E-state index is 13.0. The van der Waals surface area contributed by atoms with Gasteiger partial charge in [0, 0.05) is 61.0 Å². The first-order chi connectivity index (χ1) is 11.8. The standard InChI is InChI=1S/C20H21N3O/c24-20(13-15-14-22-18-7-3-1-5-16(15)18)17-6-2-4-8-19(17)23-11-9-21-10-12-23/h1-8,14,21-22H,9-13H2. The van der Waals surface area contributed by atoms with Gasteiger partial charge >= 0.3 is 0 Å². The van der Waals surface area contributed by atoms with E-state index in [4.69, 9.17) is 0 Å². The van der Waals surface area contributed by atoms with Crippen molar-refractivity contribution in [2.75, 3.05) is 31.1 Å². The van der Waals surface area contributed by atoms with E-state index in [2.05, 4.69) is 27.3 Å². The summed E-state index contributed by atoms with van der Waals surface area (Å²) >= 11 is 0. The zero-order valence-electron chi connectivity index (χ0n) is 13.6. The molecular weight excluding hydrogens is 298 g/mol. The molecule has 24 heavy (non-hydrogen) atoms. The van der Waals surface area contributed by atoms with E-state index < -0.39 is 0 Å². The van der Waals surface area contributed by atoms with Crippen molar-refractivity contribution in [3.8, 4) is 0 Å². The summed E-state index contributed by atoms with van der Waals surface area (Å²) in [5.74, 6) is 0.175. The molecule has 0 saturated carbocycles. The van der Waals surface area contributed by atoms with Crippen molar-refractivity contribution in [3.05, 3.63) is 65.9 Å². The Balaban J connectivity index is 1.63. The van der Waals surface area contributed by atoms with Crippen molar-refractivity contribution in [1.82, 2.24) is 10.3 Å². The number of ketones is 1. The number of rotatable bonds is 4. The maximum absolute atomic E-state index is 13.0. The third kappa shape index (κ3) is 2.81. The first-order valence-electron chi connectivity index (χ1n) is 8.46. The second kappa shape index (κ2) is 6.49. The number of anilines is 1. The van der Waals surface area contributed by atoms with Gasteiger partial charge < -0.3 is 15.2 Å². The van der Waals surface area contributed by atoms with Crippen LogP contribution in [0.5, 0.6) is 0 Å². The van der Waals surface area contributed by atoms with Gasteiger partial charge in [-0.1, -0.05) is 30.3 Å². The first-order valence-corrected chi connectivity index (χ1v) is 8.46. The molecule has 4 rings (SSSR count). The number of benzene rings is 2. The van der Waals surface area contributed by atoms with E-state index in [1.165, 1.54) is 0 Å². The number of piperazine rings is 1. The van der Waals surface area contributed by atoms with Crippen molar-refractivity contribution in [2.45, 2.75) is 6.42 Å². The summed E-state index contributed by atoms with van der Waals surface area (Å²) in [5.41, 5.74) is 4.02. The van der Waals surface area contributed by atoms with E-state index in [9.17, 15) is 4.79 Å². The molecule has 0 bridgehead atoms. The van der Waals surface area contributed by atoms with Gasteiger partial charge in [-0.2, -0.15) is 0 Å². The van der Waals surface area contributed by atoms with Crippen molar-refractivity contribution in [2.24, 2.45) is 0 Å². The van der Waals surface area contributed by atoms with Crippen LogP contribution in [-0.4, -0.2) is 36.9 Å². The number of nitrogens with zero attached hydrogens (tertiary/aromatic N) is 1. The fourth-order valence-corrected chi connectivity index (χ4v) is 3.44. The minimum absolute atomic E-state index is 0.175. The summed E-state index contributed by atoms with van der Waals surface area (Å²) in [6.07, 6.45) is 2.38. The van der Waals surface area contributed by atoms with Crippen LogP contribution in [0.2, 0.25) is 0 Å². The smallest absolute Gasteiger partial charge is 0.169 e.